The molecule has 0 saturated heterocycles. The summed E-state index contributed by atoms with van der Waals surface area (Å²) < 4.78 is 2.00. The lowest BCUT2D eigenvalue weighted by Crippen LogP contribution is -2.31. The molecule has 0 saturated carbocycles. The first-order chi connectivity index (χ1) is 6.66. The van der Waals surface area contributed by atoms with Crippen molar-refractivity contribution in [2.45, 2.75) is 6.92 Å². The molecule has 0 aliphatic heterocycles. The lowest BCUT2D eigenvalue weighted by molar-refractivity contribution is 0.235. The molecule has 5 heteroatoms. The van der Waals surface area contributed by atoms with E-state index >= 15 is 0 Å². The lowest BCUT2D eigenvalue weighted by atomic mass is 10.3. The predicted molar refractivity (Wildman–Crippen MR) is 58.4 cm³/mol. The third-order valence-corrected chi connectivity index (χ3v) is 2.36. The molecule has 0 atom stereocenters. The molecule has 14 heavy (non-hydrogen) atoms. The molecule has 0 heterocycles. The van der Waals surface area contributed by atoms with Crippen molar-refractivity contribution in [2.24, 2.45) is 0 Å². The number of halogens is 2. The van der Waals surface area contributed by atoms with Gasteiger partial charge in [-0.3, -0.25) is 0 Å². The molecule has 3 nitrogen and oxygen atoms in total. The second kappa shape index (κ2) is 5.08. The monoisotopic (exact) mass is 232 g/mol. The summed E-state index contributed by atoms with van der Waals surface area (Å²) in [5, 5.41) is 0. The van der Waals surface area contributed by atoms with E-state index in [1.165, 1.54) is 0 Å². The minimum Gasteiger partial charge on any atom is -0.245 e. The second-order valence-electron chi connectivity index (χ2n) is 2.58. The summed E-state index contributed by atoms with van der Waals surface area (Å²) in [5.41, 5.74) is 0.596. The number of anilines is 1. The van der Waals surface area contributed by atoms with Crippen molar-refractivity contribution in [2.75, 3.05) is 11.0 Å². The molecule has 2 amide bonds. The van der Waals surface area contributed by atoms with Gasteiger partial charge in [-0.1, -0.05) is 18.2 Å². The normalized spacial score (nSPS) is 9.64. The van der Waals surface area contributed by atoms with Gasteiger partial charge in [0.1, 0.15) is 0 Å². The first-order valence-corrected chi connectivity index (χ1v) is 4.82. The van der Waals surface area contributed by atoms with Gasteiger partial charge >= 0.3 is 6.03 Å². The van der Waals surface area contributed by atoms with Crippen LogP contribution in [0.4, 0.5) is 10.5 Å². The van der Waals surface area contributed by atoms with Crippen molar-refractivity contribution >= 4 is 35.3 Å². The highest BCUT2D eigenvalue weighted by Gasteiger charge is 2.17. The summed E-state index contributed by atoms with van der Waals surface area (Å²) >= 11 is 11.4. The van der Waals surface area contributed by atoms with Crippen LogP contribution >= 0.6 is 23.6 Å². The fraction of sp³-hybridized carbons (Fsp3) is 0.222. The molecule has 0 N–H and O–H groups in total. The number of benzene rings is 1. The lowest BCUT2D eigenvalue weighted by Gasteiger charge is -2.18. The van der Waals surface area contributed by atoms with Gasteiger partial charge in [-0.2, -0.15) is 0 Å². The van der Waals surface area contributed by atoms with Crippen LogP contribution in [-0.4, -0.2) is 17.0 Å². The molecule has 0 radical (unpaired) electrons. The highest BCUT2D eigenvalue weighted by molar-refractivity contribution is 6.39. The maximum Gasteiger partial charge on any atom is 0.353 e. The maximum atomic E-state index is 11.5. The minimum atomic E-state index is -0.456. The topological polar surface area (TPSA) is 23.6 Å². The molecule has 1 aromatic carbocycles. The zero-order valence-corrected chi connectivity index (χ0v) is 9.16. The predicted octanol–water partition coefficient (Wildman–Crippen LogP) is 3.24. The zero-order chi connectivity index (χ0) is 10.6. The summed E-state index contributed by atoms with van der Waals surface area (Å²) in [5.74, 6) is 0. The van der Waals surface area contributed by atoms with Crippen LogP contribution in [0.2, 0.25) is 0 Å². The number of nitrogens with zero attached hydrogens (tertiary/aromatic N) is 2. The fourth-order valence-electron chi connectivity index (χ4n) is 0.900. The zero-order valence-electron chi connectivity index (χ0n) is 7.65. The second-order valence-corrected chi connectivity index (χ2v) is 3.32. The summed E-state index contributed by atoms with van der Waals surface area (Å²) in [7, 11) is 0. The Morgan fingerprint density at radius 2 is 1.86 bits per heavy atom. The first-order valence-electron chi connectivity index (χ1n) is 4.15. The smallest absolute Gasteiger partial charge is 0.245 e. The minimum absolute atomic E-state index is 0.399. The van der Waals surface area contributed by atoms with E-state index in [-0.39, 0.29) is 0 Å². The molecule has 0 aliphatic rings. The molecule has 0 fully saturated rings. The van der Waals surface area contributed by atoms with Crippen LogP contribution in [0.5, 0.6) is 0 Å². The molecular weight excluding hydrogens is 223 g/mol. The van der Waals surface area contributed by atoms with Crippen LogP contribution in [0, 0.1) is 0 Å². The number of rotatable bonds is 2. The van der Waals surface area contributed by atoms with E-state index in [2.05, 4.69) is 0 Å². The summed E-state index contributed by atoms with van der Waals surface area (Å²) in [6.45, 7) is 2.16. The molecule has 1 aromatic rings. The first kappa shape index (κ1) is 11.1. The van der Waals surface area contributed by atoms with E-state index in [4.69, 9.17) is 23.6 Å². The standard InChI is InChI=1S/C9H10Cl2N2O/c1-2-12(10)9(14)13(11)8-6-4-3-5-7-8/h3-7H,2H2,1H3. The Morgan fingerprint density at radius 1 is 1.29 bits per heavy atom. The van der Waals surface area contributed by atoms with E-state index in [9.17, 15) is 4.79 Å². The summed E-state index contributed by atoms with van der Waals surface area (Å²) in [6, 6.07) is 8.43. The van der Waals surface area contributed by atoms with Gasteiger partial charge < -0.3 is 0 Å². The van der Waals surface area contributed by atoms with E-state index < -0.39 is 6.03 Å². The van der Waals surface area contributed by atoms with Crippen LogP contribution in [-0.2, 0) is 0 Å². The number of carbonyl (C=O) groups excluding carboxylic acids is 1. The molecular formula is C9H10Cl2N2O. The average Bonchev–Trinajstić information content (AvgIpc) is 2.27. The number of carbonyl (C=O) groups is 1. The highest BCUT2D eigenvalue weighted by Crippen LogP contribution is 2.18. The number of para-hydroxylation sites is 1. The molecule has 76 valence electrons. The summed E-state index contributed by atoms with van der Waals surface area (Å²) in [4.78, 5) is 11.5. The number of hydrogen-bond acceptors (Lipinski definition) is 1. The van der Waals surface area contributed by atoms with Gasteiger partial charge in [-0.15, -0.1) is 0 Å². The Labute approximate surface area is 93.0 Å². The Morgan fingerprint density at radius 3 is 2.36 bits per heavy atom. The number of hydrogen-bond donors (Lipinski definition) is 0. The molecule has 0 aromatic heterocycles. The number of amides is 2. The van der Waals surface area contributed by atoms with Gasteiger partial charge in [-0.25, -0.2) is 13.6 Å². The Kier molecular flexibility index (Phi) is 4.04. The van der Waals surface area contributed by atoms with Crippen molar-refractivity contribution in [3.8, 4) is 0 Å². The van der Waals surface area contributed by atoms with Crippen molar-refractivity contribution < 1.29 is 4.79 Å². The fourth-order valence-corrected chi connectivity index (χ4v) is 1.22. The Bertz CT molecular complexity index is 305. The Balaban J connectivity index is 2.76. The van der Waals surface area contributed by atoms with Gasteiger partial charge in [0.05, 0.1) is 5.69 Å². The molecule has 0 aliphatic carbocycles. The molecule has 0 unspecified atom stereocenters. The van der Waals surface area contributed by atoms with E-state index in [0.29, 0.717) is 12.2 Å². The SMILES string of the molecule is CCN(Cl)C(=O)N(Cl)c1ccccc1. The van der Waals surface area contributed by atoms with Crippen LogP contribution in [0.3, 0.4) is 0 Å². The van der Waals surface area contributed by atoms with Crippen molar-refractivity contribution in [3.63, 3.8) is 0 Å². The van der Waals surface area contributed by atoms with Crippen LogP contribution < -0.4 is 4.42 Å². The van der Waals surface area contributed by atoms with Gasteiger partial charge in [-0.05, 0) is 19.1 Å². The van der Waals surface area contributed by atoms with Crippen LogP contribution in [0.15, 0.2) is 30.3 Å². The number of urea groups is 1. The quantitative estimate of drug-likeness (QED) is 0.719. The average molecular weight is 233 g/mol. The van der Waals surface area contributed by atoms with Gasteiger partial charge in [0, 0.05) is 30.1 Å². The summed E-state index contributed by atoms with van der Waals surface area (Å²) in [6.07, 6.45) is 0. The van der Waals surface area contributed by atoms with Gasteiger partial charge in [0.25, 0.3) is 0 Å². The molecule has 0 spiro atoms. The van der Waals surface area contributed by atoms with Crippen molar-refractivity contribution in [3.05, 3.63) is 30.3 Å². The van der Waals surface area contributed by atoms with E-state index in [1.54, 1.807) is 31.2 Å². The van der Waals surface area contributed by atoms with Gasteiger partial charge in [0.2, 0.25) is 0 Å². The third kappa shape index (κ3) is 2.53. The molecule has 0 bridgehead atoms. The van der Waals surface area contributed by atoms with Crippen molar-refractivity contribution in [1.29, 1.82) is 0 Å². The highest BCUT2D eigenvalue weighted by atomic mass is 35.5. The van der Waals surface area contributed by atoms with Gasteiger partial charge in [0.15, 0.2) is 0 Å². The van der Waals surface area contributed by atoms with Crippen molar-refractivity contribution in [1.82, 2.24) is 4.42 Å². The largest absolute Gasteiger partial charge is 0.353 e. The third-order valence-electron chi connectivity index (χ3n) is 1.64. The maximum absolute atomic E-state index is 11.5. The van der Waals surface area contributed by atoms with Crippen LogP contribution in [0.25, 0.3) is 0 Å². The van der Waals surface area contributed by atoms with E-state index in [0.717, 1.165) is 8.84 Å². The molecule has 1 rings (SSSR count). The van der Waals surface area contributed by atoms with E-state index in [1.807, 2.05) is 6.07 Å². The van der Waals surface area contributed by atoms with Crippen LogP contribution in [0.1, 0.15) is 6.92 Å². The Hall–Kier alpha value is -0.930.